The van der Waals surface area contributed by atoms with Crippen molar-refractivity contribution in [1.29, 1.82) is 0 Å². The molecule has 1 aromatic heterocycles. The number of hydrogen-bond donors (Lipinski definition) is 1. The van der Waals surface area contributed by atoms with Gasteiger partial charge in [-0.1, -0.05) is 26.2 Å². The van der Waals surface area contributed by atoms with E-state index in [1.54, 1.807) is 0 Å². The molecular weight excluding hydrogens is 278 g/mol. The average Bonchev–Trinajstić information content (AvgIpc) is 2.63. The van der Waals surface area contributed by atoms with E-state index in [9.17, 15) is 0 Å². The third kappa shape index (κ3) is 2.91. The predicted molar refractivity (Wildman–Crippen MR) is 74.0 cm³/mol. The van der Waals surface area contributed by atoms with E-state index in [1.165, 1.54) is 31.4 Å². The smallest absolute Gasteiger partial charge is 0.0695 e. The Balaban J connectivity index is 2.14. The van der Waals surface area contributed by atoms with Crippen LogP contribution < -0.4 is 5.32 Å². The van der Waals surface area contributed by atoms with Gasteiger partial charge in [0.15, 0.2) is 0 Å². The molecule has 1 heterocycles. The van der Waals surface area contributed by atoms with Gasteiger partial charge in [0.2, 0.25) is 0 Å². The van der Waals surface area contributed by atoms with Gasteiger partial charge in [-0.15, -0.1) is 0 Å². The van der Waals surface area contributed by atoms with Crippen molar-refractivity contribution in [3.05, 3.63) is 16.4 Å². The summed E-state index contributed by atoms with van der Waals surface area (Å²) in [5, 5.41) is 8.03. The lowest BCUT2D eigenvalue weighted by Crippen LogP contribution is -2.28. The van der Waals surface area contributed by atoms with E-state index in [0.717, 1.165) is 23.5 Å². The van der Waals surface area contributed by atoms with Crippen molar-refractivity contribution < 1.29 is 0 Å². The second kappa shape index (κ2) is 6.01. The Bertz CT molecular complexity index is 358. The molecule has 2 rings (SSSR count). The SMILES string of the molecule is CCNC(CC1CCC1)c1c(Br)cnn1CC. The lowest BCUT2D eigenvalue weighted by atomic mass is 9.80. The molecule has 4 heteroatoms. The molecular formula is C13H22BrN3. The summed E-state index contributed by atoms with van der Waals surface area (Å²) >= 11 is 3.64. The third-order valence-corrected chi connectivity index (χ3v) is 4.32. The molecule has 0 amide bonds. The number of halogens is 1. The standard InChI is InChI=1S/C13H22BrN3/c1-3-15-12(8-10-6-5-7-10)13-11(14)9-16-17(13)4-2/h9-10,12,15H,3-8H2,1-2H3. The van der Waals surface area contributed by atoms with Crippen LogP contribution in [0.1, 0.15) is 51.3 Å². The summed E-state index contributed by atoms with van der Waals surface area (Å²) in [5.41, 5.74) is 1.32. The Kier molecular flexibility index (Phi) is 4.62. The summed E-state index contributed by atoms with van der Waals surface area (Å²) in [4.78, 5) is 0. The molecule has 1 saturated carbocycles. The van der Waals surface area contributed by atoms with Crippen LogP contribution >= 0.6 is 15.9 Å². The summed E-state index contributed by atoms with van der Waals surface area (Å²) in [6.45, 7) is 6.27. The van der Waals surface area contributed by atoms with E-state index < -0.39 is 0 Å². The van der Waals surface area contributed by atoms with Gasteiger partial charge in [0.05, 0.1) is 22.4 Å². The summed E-state index contributed by atoms with van der Waals surface area (Å²) < 4.78 is 3.25. The normalized spacial score (nSPS) is 18.1. The van der Waals surface area contributed by atoms with Crippen molar-refractivity contribution >= 4 is 15.9 Å². The second-order valence-electron chi connectivity index (χ2n) is 4.84. The van der Waals surface area contributed by atoms with E-state index in [4.69, 9.17) is 0 Å². The monoisotopic (exact) mass is 299 g/mol. The van der Waals surface area contributed by atoms with Crippen LogP contribution in [-0.4, -0.2) is 16.3 Å². The molecule has 0 radical (unpaired) electrons. The molecule has 0 bridgehead atoms. The summed E-state index contributed by atoms with van der Waals surface area (Å²) in [6, 6.07) is 0.446. The maximum atomic E-state index is 4.42. The minimum atomic E-state index is 0.446. The van der Waals surface area contributed by atoms with Gasteiger partial charge in [-0.25, -0.2) is 0 Å². The van der Waals surface area contributed by atoms with Crippen LogP contribution in [-0.2, 0) is 6.54 Å². The van der Waals surface area contributed by atoms with Crippen LogP contribution in [0.15, 0.2) is 10.7 Å². The first-order valence-electron chi connectivity index (χ1n) is 6.70. The molecule has 0 aromatic carbocycles. The van der Waals surface area contributed by atoms with Gasteiger partial charge in [-0.05, 0) is 41.7 Å². The number of nitrogens with zero attached hydrogens (tertiary/aromatic N) is 2. The molecule has 1 aromatic rings. The quantitative estimate of drug-likeness (QED) is 0.871. The average molecular weight is 300 g/mol. The fourth-order valence-electron chi connectivity index (χ4n) is 2.57. The highest BCUT2D eigenvalue weighted by molar-refractivity contribution is 9.10. The highest BCUT2D eigenvalue weighted by atomic mass is 79.9. The van der Waals surface area contributed by atoms with Crippen molar-refractivity contribution in [1.82, 2.24) is 15.1 Å². The molecule has 1 unspecified atom stereocenters. The molecule has 1 fully saturated rings. The maximum Gasteiger partial charge on any atom is 0.0695 e. The Morgan fingerprint density at radius 1 is 1.53 bits per heavy atom. The number of rotatable bonds is 6. The first-order chi connectivity index (χ1) is 8.26. The van der Waals surface area contributed by atoms with E-state index in [-0.39, 0.29) is 0 Å². The van der Waals surface area contributed by atoms with Crippen LogP contribution in [0.5, 0.6) is 0 Å². The highest BCUT2D eigenvalue weighted by Gasteiger charge is 2.26. The van der Waals surface area contributed by atoms with Gasteiger partial charge >= 0.3 is 0 Å². The largest absolute Gasteiger partial charge is 0.309 e. The third-order valence-electron chi connectivity index (χ3n) is 3.71. The van der Waals surface area contributed by atoms with Gasteiger partial charge in [0, 0.05) is 6.54 Å². The van der Waals surface area contributed by atoms with Crippen LogP contribution in [0.2, 0.25) is 0 Å². The summed E-state index contributed by atoms with van der Waals surface area (Å²) in [6.07, 6.45) is 7.39. The molecule has 0 saturated heterocycles. The number of nitrogens with one attached hydrogen (secondary N) is 1. The van der Waals surface area contributed by atoms with Crippen LogP contribution in [0, 0.1) is 5.92 Å². The molecule has 1 aliphatic rings. The van der Waals surface area contributed by atoms with Crippen molar-refractivity contribution in [2.24, 2.45) is 5.92 Å². The van der Waals surface area contributed by atoms with E-state index >= 15 is 0 Å². The van der Waals surface area contributed by atoms with E-state index in [0.29, 0.717) is 6.04 Å². The Labute approximate surface area is 112 Å². The minimum Gasteiger partial charge on any atom is -0.309 e. The van der Waals surface area contributed by atoms with Gasteiger partial charge in [-0.3, -0.25) is 4.68 Å². The highest BCUT2D eigenvalue weighted by Crippen LogP contribution is 2.36. The first kappa shape index (κ1) is 13.1. The molecule has 0 aliphatic heterocycles. The van der Waals surface area contributed by atoms with Crippen molar-refractivity contribution in [2.45, 2.75) is 52.1 Å². The zero-order valence-corrected chi connectivity index (χ0v) is 12.3. The fourth-order valence-corrected chi connectivity index (χ4v) is 3.14. The molecule has 3 nitrogen and oxygen atoms in total. The van der Waals surface area contributed by atoms with Crippen molar-refractivity contribution in [3.63, 3.8) is 0 Å². The fraction of sp³-hybridized carbons (Fsp3) is 0.769. The lowest BCUT2D eigenvalue weighted by molar-refractivity contribution is 0.257. The van der Waals surface area contributed by atoms with Crippen molar-refractivity contribution in [2.75, 3.05) is 6.54 Å². The topological polar surface area (TPSA) is 29.9 Å². The van der Waals surface area contributed by atoms with Gasteiger partial charge in [-0.2, -0.15) is 5.10 Å². The zero-order valence-electron chi connectivity index (χ0n) is 10.7. The number of hydrogen-bond acceptors (Lipinski definition) is 2. The predicted octanol–water partition coefficient (Wildman–Crippen LogP) is 3.51. The molecule has 1 N–H and O–H groups in total. The maximum absolute atomic E-state index is 4.42. The minimum absolute atomic E-state index is 0.446. The van der Waals surface area contributed by atoms with Crippen LogP contribution in [0.25, 0.3) is 0 Å². The second-order valence-corrected chi connectivity index (χ2v) is 5.69. The Hall–Kier alpha value is -0.350. The molecule has 1 atom stereocenters. The lowest BCUT2D eigenvalue weighted by Gasteiger charge is -2.30. The molecule has 1 aliphatic carbocycles. The number of aryl methyl sites for hydroxylation is 1. The first-order valence-corrected chi connectivity index (χ1v) is 7.50. The summed E-state index contributed by atoms with van der Waals surface area (Å²) in [5.74, 6) is 0.908. The molecule has 17 heavy (non-hydrogen) atoms. The molecule has 0 spiro atoms. The Morgan fingerprint density at radius 3 is 2.82 bits per heavy atom. The Morgan fingerprint density at radius 2 is 2.29 bits per heavy atom. The van der Waals surface area contributed by atoms with Crippen LogP contribution in [0.4, 0.5) is 0 Å². The zero-order chi connectivity index (χ0) is 12.3. The van der Waals surface area contributed by atoms with Crippen molar-refractivity contribution in [3.8, 4) is 0 Å². The summed E-state index contributed by atoms with van der Waals surface area (Å²) in [7, 11) is 0. The van der Waals surface area contributed by atoms with Crippen LogP contribution in [0.3, 0.4) is 0 Å². The molecule has 96 valence electrons. The number of aromatic nitrogens is 2. The van der Waals surface area contributed by atoms with Gasteiger partial charge < -0.3 is 5.32 Å². The van der Waals surface area contributed by atoms with E-state index in [1.807, 2.05) is 6.20 Å². The van der Waals surface area contributed by atoms with Gasteiger partial charge in [0.25, 0.3) is 0 Å². The van der Waals surface area contributed by atoms with E-state index in [2.05, 4.69) is 44.9 Å². The van der Waals surface area contributed by atoms with Gasteiger partial charge in [0.1, 0.15) is 0 Å².